The number of H-pyrrole nitrogens is 2. The molecule has 0 aliphatic rings. The summed E-state index contributed by atoms with van der Waals surface area (Å²) in [6, 6.07) is 12.1. The minimum atomic E-state index is -1.58. The van der Waals surface area contributed by atoms with E-state index in [0.717, 1.165) is 10.9 Å². The quantitative estimate of drug-likeness (QED) is 0.0136. The Balaban J connectivity index is 1.40. The molecule has 0 spiro atoms. The maximum atomic E-state index is 14.7. The van der Waals surface area contributed by atoms with Gasteiger partial charge < -0.3 is 79.7 Å². The SMILES string of the molecule is CSCC[C@H](NC(=O)[C@@H](N)Cc1ccc(O)cc1)C(=O)N[C@@H](CCC(=O)O)C(=O)N[C@@H](Cc1cnc[nH]1)C(=O)N[C@@H](Cc1ccccc1)C(=O)N[C@@H](CCCN=C(N)N)C(=O)N[C@@H](Cc1c[nH]c2ccccc12)C(=O)NCC(=O)O. The Kier molecular flexibility index (Phi) is 24.3. The highest BCUT2D eigenvalue weighted by atomic mass is 32.2. The Morgan fingerprint density at radius 2 is 1.16 bits per heavy atom. The van der Waals surface area contributed by atoms with Crippen molar-refractivity contribution in [2.24, 2.45) is 22.2 Å². The monoisotopic (exact) mass is 1120 g/mol. The number of imidazole rings is 1. The number of aromatic hydroxyl groups is 1. The first-order valence-electron chi connectivity index (χ1n) is 25.5. The van der Waals surface area contributed by atoms with Crippen LogP contribution < -0.4 is 54.4 Å². The Morgan fingerprint density at radius 1 is 0.613 bits per heavy atom. The van der Waals surface area contributed by atoms with E-state index in [1.807, 2.05) is 6.07 Å². The number of nitrogens with one attached hydrogen (secondary N) is 9. The Morgan fingerprint density at radius 3 is 1.76 bits per heavy atom. The number of guanidine groups is 1. The molecule has 0 bridgehead atoms. The van der Waals surface area contributed by atoms with Gasteiger partial charge in [0.1, 0.15) is 48.5 Å². The van der Waals surface area contributed by atoms with Crippen molar-refractivity contribution in [2.75, 3.05) is 25.1 Å². The van der Waals surface area contributed by atoms with Crippen LogP contribution in [0.4, 0.5) is 0 Å². The van der Waals surface area contributed by atoms with Crippen LogP contribution in [-0.4, -0.2) is 157 Å². The summed E-state index contributed by atoms with van der Waals surface area (Å²) >= 11 is 1.37. The van der Waals surface area contributed by atoms with Crippen molar-refractivity contribution in [1.82, 2.24) is 52.2 Å². The fraction of sp³-hybridized carbons (Fsp3) is 0.377. The number of para-hydroxylation sites is 1. The molecule has 80 heavy (non-hydrogen) atoms. The molecule has 27 heteroatoms. The van der Waals surface area contributed by atoms with Crippen LogP contribution in [0.15, 0.2) is 103 Å². The predicted molar refractivity (Wildman–Crippen MR) is 296 cm³/mol. The second-order valence-corrected chi connectivity index (χ2v) is 19.6. The van der Waals surface area contributed by atoms with Crippen molar-refractivity contribution in [3.8, 4) is 5.75 Å². The number of aliphatic imine (C=N–C) groups is 1. The molecule has 18 N–H and O–H groups in total. The summed E-state index contributed by atoms with van der Waals surface area (Å²) < 4.78 is 0. The largest absolute Gasteiger partial charge is 0.508 e. The van der Waals surface area contributed by atoms with E-state index >= 15 is 0 Å². The number of carbonyl (C=O) groups is 9. The van der Waals surface area contributed by atoms with Crippen LogP contribution in [0.3, 0.4) is 0 Å². The number of amides is 7. The zero-order chi connectivity index (χ0) is 58.1. The summed E-state index contributed by atoms with van der Waals surface area (Å²) in [6.45, 7) is -0.729. The maximum absolute atomic E-state index is 14.7. The molecule has 26 nitrogen and oxygen atoms in total. The molecule has 0 unspecified atom stereocenters. The number of carbonyl (C=O) groups excluding carboxylic acids is 7. The molecule has 0 saturated heterocycles. The summed E-state index contributed by atoms with van der Waals surface area (Å²) in [5.74, 6) is -8.49. The molecule has 3 aromatic carbocycles. The molecule has 5 rings (SSSR count). The van der Waals surface area contributed by atoms with Gasteiger partial charge in [0, 0.05) is 61.2 Å². The number of aromatic nitrogens is 3. The first-order chi connectivity index (χ1) is 38.3. The first kappa shape index (κ1) is 61.9. The molecule has 7 amide bonds. The topological polar surface area (TPSA) is 433 Å². The molecule has 0 aliphatic carbocycles. The number of fused-ring (bicyclic) bond motifs is 1. The van der Waals surface area contributed by atoms with Gasteiger partial charge in [-0.2, -0.15) is 11.8 Å². The maximum Gasteiger partial charge on any atom is 0.322 e. The number of aromatic amines is 2. The average Bonchev–Trinajstić information content (AvgIpc) is 4.11. The molecule has 7 atom stereocenters. The van der Waals surface area contributed by atoms with Crippen LogP contribution in [0, 0.1) is 0 Å². The molecule has 2 aromatic heterocycles. The molecular formula is C53H68N14O12S. The number of carboxylic acids is 2. The number of carboxylic acid groups (broad SMARTS) is 2. The highest BCUT2D eigenvalue weighted by molar-refractivity contribution is 7.98. The lowest BCUT2D eigenvalue weighted by atomic mass is 10.0. The van der Waals surface area contributed by atoms with E-state index < -0.39 is 115 Å². The second-order valence-electron chi connectivity index (χ2n) is 18.7. The van der Waals surface area contributed by atoms with E-state index in [1.165, 1.54) is 36.4 Å². The van der Waals surface area contributed by atoms with Gasteiger partial charge in [0.05, 0.1) is 12.4 Å². The van der Waals surface area contributed by atoms with E-state index in [0.29, 0.717) is 28.1 Å². The summed E-state index contributed by atoms with van der Waals surface area (Å²) in [5, 5.41) is 47.6. The van der Waals surface area contributed by atoms with E-state index in [-0.39, 0.29) is 63.2 Å². The number of nitrogens with zero attached hydrogens (tertiary/aromatic N) is 2. The molecule has 0 aliphatic heterocycles. The number of hydrogen-bond acceptors (Lipinski definition) is 14. The van der Waals surface area contributed by atoms with Gasteiger partial charge in [0.15, 0.2) is 5.96 Å². The summed E-state index contributed by atoms with van der Waals surface area (Å²) in [4.78, 5) is 136. The van der Waals surface area contributed by atoms with Crippen molar-refractivity contribution >= 4 is 81.9 Å². The van der Waals surface area contributed by atoms with Gasteiger partial charge in [-0.3, -0.25) is 48.1 Å². The zero-order valence-electron chi connectivity index (χ0n) is 43.8. The molecule has 5 aromatic rings. The molecule has 2 heterocycles. The molecule has 428 valence electrons. The summed E-state index contributed by atoms with van der Waals surface area (Å²) in [7, 11) is 0. The van der Waals surface area contributed by atoms with Crippen molar-refractivity contribution in [1.29, 1.82) is 0 Å². The number of phenols is 1. The number of thioether (sulfide) groups is 1. The number of nitrogens with two attached hydrogens (primary N) is 3. The number of aliphatic carboxylic acids is 2. The third kappa shape index (κ3) is 20.4. The Hall–Kier alpha value is -8.98. The summed E-state index contributed by atoms with van der Waals surface area (Å²) in [5.41, 5.74) is 20.2. The van der Waals surface area contributed by atoms with Gasteiger partial charge in [-0.1, -0.05) is 60.7 Å². The number of benzene rings is 3. The fourth-order valence-corrected chi connectivity index (χ4v) is 8.80. The Bertz CT molecular complexity index is 2920. The third-order valence-corrected chi connectivity index (χ3v) is 13.1. The van der Waals surface area contributed by atoms with Crippen LogP contribution in [0.25, 0.3) is 10.9 Å². The van der Waals surface area contributed by atoms with Gasteiger partial charge in [0.25, 0.3) is 0 Å². The lowest BCUT2D eigenvalue weighted by Gasteiger charge is -2.28. The van der Waals surface area contributed by atoms with Crippen molar-refractivity contribution in [3.05, 3.63) is 120 Å². The minimum absolute atomic E-state index is 0.0165. The standard InChI is InChI=1S/C53H68N14O12S/c1-80-21-19-40(62-46(73)36(54)22-31-13-15-34(68)16-14-31)50(77)64-39(17-18-44(69)70)49(76)67-43(25-33-27-57-29-61-33)52(79)65-41(23-30-8-3-2-4-9-30)51(78)63-38(12-7-20-58-53(55)56)48(75)66-42(47(74)60-28-45(71)72)24-32-26-59-37-11-6-5-10-35(32)37/h2-6,8-11,13-16,26-27,29,36,38-43,59,68H,7,12,17-25,28,54H2,1H3,(H,57,61)(H,60,74)(H,62,73)(H,63,78)(H,64,77)(H,65,79)(H,66,75)(H,67,76)(H,69,70)(H,71,72)(H4,55,56,58)/t36-,38-,39-,40-,41-,42-,43-/m0/s1. The molecule has 0 saturated carbocycles. The van der Waals surface area contributed by atoms with Crippen molar-refractivity contribution < 1.29 is 58.5 Å². The van der Waals surface area contributed by atoms with Gasteiger partial charge in [0.2, 0.25) is 41.4 Å². The molecule has 0 radical (unpaired) electrons. The third-order valence-electron chi connectivity index (χ3n) is 12.5. The van der Waals surface area contributed by atoms with E-state index in [2.05, 4.69) is 57.2 Å². The van der Waals surface area contributed by atoms with E-state index in [9.17, 15) is 58.5 Å². The van der Waals surface area contributed by atoms with Crippen LogP contribution in [0.1, 0.15) is 54.5 Å². The average molecular weight is 1130 g/mol. The highest BCUT2D eigenvalue weighted by Gasteiger charge is 2.35. The van der Waals surface area contributed by atoms with Gasteiger partial charge in [-0.25, -0.2) is 4.98 Å². The first-order valence-corrected chi connectivity index (χ1v) is 26.9. The van der Waals surface area contributed by atoms with Gasteiger partial charge in [-0.15, -0.1) is 0 Å². The van der Waals surface area contributed by atoms with Crippen LogP contribution in [0.5, 0.6) is 5.75 Å². The van der Waals surface area contributed by atoms with E-state index in [1.54, 1.807) is 73.1 Å². The predicted octanol–water partition coefficient (Wildman–Crippen LogP) is -1.02. The van der Waals surface area contributed by atoms with Gasteiger partial charge >= 0.3 is 11.9 Å². The van der Waals surface area contributed by atoms with Crippen LogP contribution in [0.2, 0.25) is 0 Å². The summed E-state index contributed by atoms with van der Waals surface area (Å²) in [6.07, 6.45) is 4.72. The fourth-order valence-electron chi connectivity index (χ4n) is 8.33. The smallest absolute Gasteiger partial charge is 0.322 e. The molecular weight excluding hydrogens is 1060 g/mol. The van der Waals surface area contributed by atoms with Crippen LogP contribution in [-0.2, 0) is 68.8 Å². The lowest BCUT2D eigenvalue weighted by molar-refractivity contribution is -0.139. The van der Waals surface area contributed by atoms with Crippen molar-refractivity contribution in [2.45, 2.75) is 100 Å². The normalized spacial score (nSPS) is 13.6. The Labute approximate surface area is 464 Å². The van der Waals surface area contributed by atoms with E-state index in [4.69, 9.17) is 17.2 Å². The minimum Gasteiger partial charge on any atom is -0.508 e. The number of phenolic OH excluding ortho intramolecular Hbond substituents is 1. The highest BCUT2D eigenvalue weighted by Crippen LogP contribution is 2.20. The second kappa shape index (κ2) is 31.4. The number of rotatable bonds is 33. The number of hydrogen-bond donors (Lipinski definition) is 15. The van der Waals surface area contributed by atoms with Gasteiger partial charge in [-0.05, 0) is 79.0 Å². The molecule has 0 fully saturated rings. The van der Waals surface area contributed by atoms with Crippen molar-refractivity contribution in [3.63, 3.8) is 0 Å². The lowest BCUT2D eigenvalue weighted by Crippen LogP contribution is -2.60. The van der Waals surface area contributed by atoms with Crippen LogP contribution >= 0.6 is 11.8 Å². The zero-order valence-corrected chi connectivity index (χ0v) is 44.6.